The van der Waals surface area contributed by atoms with Gasteiger partial charge in [-0.3, -0.25) is 0 Å². The van der Waals surface area contributed by atoms with Crippen LogP contribution in [0.3, 0.4) is 0 Å². The summed E-state index contributed by atoms with van der Waals surface area (Å²) in [5.41, 5.74) is 3.72. The van der Waals surface area contributed by atoms with Gasteiger partial charge in [0.15, 0.2) is 0 Å². The molecule has 36 heavy (non-hydrogen) atoms. The van der Waals surface area contributed by atoms with E-state index in [1.54, 1.807) is 7.11 Å². The van der Waals surface area contributed by atoms with Crippen LogP contribution in [-0.4, -0.2) is 22.9 Å². The lowest BCUT2D eigenvalue weighted by Gasteiger charge is -2.30. The first kappa shape index (κ1) is 26.4. The fourth-order valence-electron chi connectivity index (χ4n) is 5.71. The molecular weight excluding hydrogens is 448 g/mol. The minimum atomic E-state index is -0.398. The minimum absolute atomic E-state index is 0.111. The predicted molar refractivity (Wildman–Crippen MR) is 148 cm³/mol. The first-order chi connectivity index (χ1) is 17.4. The number of methoxy groups -OCH3 is 1. The summed E-state index contributed by atoms with van der Waals surface area (Å²) in [5, 5.41) is 22.4. The highest BCUT2D eigenvalue weighted by atomic mass is 16.5. The Labute approximate surface area is 217 Å². The van der Waals surface area contributed by atoms with E-state index in [1.807, 2.05) is 38.1 Å². The smallest absolute Gasteiger partial charge is 0.138 e. The molecule has 0 fully saturated rings. The fourth-order valence-corrected chi connectivity index (χ4v) is 5.71. The van der Waals surface area contributed by atoms with E-state index in [9.17, 15) is 10.2 Å². The monoisotopic (exact) mass is 492 g/mol. The molecule has 1 aliphatic heterocycles. The number of hydrogen-bond acceptors (Lipinski definition) is 4. The molecule has 0 saturated carbocycles. The zero-order valence-electron chi connectivity index (χ0n) is 22.5. The molecule has 1 heterocycles. The van der Waals surface area contributed by atoms with Crippen molar-refractivity contribution in [3.63, 3.8) is 0 Å². The van der Waals surface area contributed by atoms with Gasteiger partial charge in [-0.25, -0.2) is 0 Å². The summed E-state index contributed by atoms with van der Waals surface area (Å²) in [4.78, 5) is 0. The van der Waals surface area contributed by atoms with Gasteiger partial charge in [0.25, 0.3) is 0 Å². The number of ether oxygens (including phenoxy) is 2. The standard InChI is InChI=1S/C32H44O4/c1-32(2)19-18-25-28(36-32)22-24-17-15-13-11-9-7-5-4-6-8-10-12-14-16-23-20-26(33)30(27(34)21-23)29(24)31(25)35-3/h18-22,33-34H,4-17H2,1-3H3. The van der Waals surface area contributed by atoms with E-state index in [4.69, 9.17) is 9.47 Å². The third kappa shape index (κ3) is 6.38. The molecule has 196 valence electrons. The second-order valence-electron chi connectivity index (χ2n) is 11.1. The summed E-state index contributed by atoms with van der Waals surface area (Å²) in [6.07, 6.45) is 20.8. The molecule has 3 aliphatic rings. The van der Waals surface area contributed by atoms with Gasteiger partial charge in [0.2, 0.25) is 0 Å². The van der Waals surface area contributed by atoms with Crippen LogP contribution in [0.1, 0.15) is 108 Å². The van der Waals surface area contributed by atoms with Crippen molar-refractivity contribution in [3.05, 3.63) is 41.0 Å². The van der Waals surface area contributed by atoms with Gasteiger partial charge in [0.05, 0.1) is 18.2 Å². The molecule has 4 nitrogen and oxygen atoms in total. The predicted octanol–water partition coefficient (Wildman–Crippen LogP) is 8.74. The summed E-state index contributed by atoms with van der Waals surface area (Å²) in [5.74, 6) is 1.66. The third-order valence-corrected chi connectivity index (χ3v) is 7.66. The molecule has 2 aromatic rings. The highest BCUT2D eigenvalue weighted by Gasteiger charge is 2.29. The Bertz CT molecular complexity index is 1040. The van der Waals surface area contributed by atoms with Crippen molar-refractivity contribution >= 4 is 6.08 Å². The largest absolute Gasteiger partial charge is 0.507 e. The van der Waals surface area contributed by atoms with Gasteiger partial charge < -0.3 is 19.7 Å². The lowest BCUT2D eigenvalue weighted by Crippen LogP contribution is -2.27. The van der Waals surface area contributed by atoms with Gasteiger partial charge in [0.1, 0.15) is 28.6 Å². The molecule has 0 saturated heterocycles. The van der Waals surface area contributed by atoms with Crippen LogP contribution in [0.15, 0.2) is 24.3 Å². The Balaban J connectivity index is 1.75. The zero-order chi connectivity index (χ0) is 25.5. The van der Waals surface area contributed by atoms with Gasteiger partial charge >= 0.3 is 0 Å². The van der Waals surface area contributed by atoms with Crippen molar-refractivity contribution < 1.29 is 19.7 Å². The van der Waals surface area contributed by atoms with Gasteiger partial charge in [-0.05, 0) is 81.0 Å². The first-order valence-corrected chi connectivity index (χ1v) is 14.1. The topological polar surface area (TPSA) is 58.9 Å². The number of aryl methyl sites for hydroxylation is 2. The molecule has 0 spiro atoms. The Morgan fingerprint density at radius 1 is 0.722 bits per heavy atom. The Hall–Kier alpha value is -2.62. The summed E-state index contributed by atoms with van der Waals surface area (Å²) in [7, 11) is 1.66. The number of aromatic hydroxyl groups is 2. The summed E-state index contributed by atoms with van der Waals surface area (Å²) in [6, 6.07) is 5.74. The number of benzene rings is 2. The maximum Gasteiger partial charge on any atom is 0.138 e. The molecule has 4 heteroatoms. The van der Waals surface area contributed by atoms with Gasteiger partial charge in [-0.15, -0.1) is 0 Å². The van der Waals surface area contributed by atoms with Gasteiger partial charge in [-0.2, -0.15) is 0 Å². The number of phenols is 2. The normalized spacial score (nSPS) is 19.1. The van der Waals surface area contributed by atoms with E-state index in [1.165, 1.54) is 64.2 Å². The maximum atomic E-state index is 11.2. The van der Waals surface area contributed by atoms with E-state index >= 15 is 0 Å². The maximum absolute atomic E-state index is 11.2. The van der Waals surface area contributed by atoms with Crippen molar-refractivity contribution in [1.29, 1.82) is 0 Å². The van der Waals surface area contributed by atoms with Gasteiger partial charge in [-0.1, -0.05) is 64.2 Å². The molecule has 0 unspecified atom stereocenters. The van der Waals surface area contributed by atoms with E-state index in [0.29, 0.717) is 11.3 Å². The van der Waals surface area contributed by atoms with Crippen molar-refractivity contribution in [3.8, 4) is 34.1 Å². The Morgan fingerprint density at radius 3 is 1.81 bits per heavy atom. The Morgan fingerprint density at radius 2 is 1.25 bits per heavy atom. The van der Waals surface area contributed by atoms with Crippen LogP contribution in [0, 0.1) is 0 Å². The van der Waals surface area contributed by atoms with E-state index in [2.05, 4.69) is 6.07 Å². The lowest BCUT2D eigenvalue weighted by molar-refractivity contribution is 0.158. The van der Waals surface area contributed by atoms with Crippen LogP contribution in [0.5, 0.6) is 23.0 Å². The van der Waals surface area contributed by atoms with Crippen LogP contribution in [0.2, 0.25) is 0 Å². The lowest BCUT2D eigenvalue weighted by atomic mass is 9.88. The molecule has 0 aromatic heterocycles. The zero-order valence-corrected chi connectivity index (χ0v) is 22.5. The fraction of sp³-hybridized carbons (Fsp3) is 0.562. The van der Waals surface area contributed by atoms with Crippen molar-refractivity contribution in [2.75, 3.05) is 7.11 Å². The minimum Gasteiger partial charge on any atom is -0.507 e. The van der Waals surface area contributed by atoms with Crippen LogP contribution >= 0.6 is 0 Å². The molecule has 2 N–H and O–H groups in total. The number of phenolic OH excluding ortho intramolecular Hbond substituents is 2. The summed E-state index contributed by atoms with van der Waals surface area (Å²) >= 11 is 0. The van der Waals surface area contributed by atoms with Crippen LogP contribution in [0.4, 0.5) is 0 Å². The molecule has 0 radical (unpaired) electrons. The van der Waals surface area contributed by atoms with E-state index < -0.39 is 5.60 Å². The molecular formula is C32H44O4. The van der Waals surface area contributed by atoms with Crippen LogP contribution in [-0.2, 0) is 12.8 Å². The molecule has 0 atom stereocenters. The van der Waals surface area contributed by atoms with Crippen molar-refractivity contribution in [2.24, 2.45) is 0 Å². The average molecular weight is 493 g/mol. The van der Waals surface area contributed by atoms with E-state index in [-0.39, 0.29) is 11.5 Å². The third-order valence-electron chi connectivity index (χ3n) is 7.66. The molecule has 5 rings (SSSR count). The Kier molecular flexibility index (Phi) is 8.87. The highest BCUT2D eigenvalue weighted by molar-refractivity contribution is 5.88. The number of fused-ring (bicyclic) bond motifs is 16. The second kappa shape index (κ2) is 12.1. The quantitative estimate of drug-likeness (QED) is 0.418. The number of hydrogen-bond donors (Lipinski definition) is 2. The highest BCUT2D eigenvalue weighted by Crippen LogP contribution is 2.50. The molecule has 2 aliphatic carbocycles. The second-order valence-corrected chi connectivity index (χ2v) is 11.1. The van der Waals surface area contributed by atoms with Crippen molar-refractivity contribution in [1.82, 2.24) is 0 Å². The molecule has 0 amide bonds. The van der Waals surface area contributed by atoms with Crippen LogP contribution < -0.4 is 9.47 Å². The van der Waals surface area contributed by atoms with Gasteiger partial charge in [0, 0.05) is 5.56 Å². The molecule has 2 bridgehead atoms. The average Bonchev–Trinajstić information content (AvgIpc) is 2.82. The summed E-state index contributed by atoms with van der Waals surface area (Å²) in [6.45, 7) is 4.09. The van der Waals surface area contributed by atoms with E-state index in [0.717, 1.165) is 53.7 Å². The number of rotatable bonds is 1. The first-order valence-electron chi connectivity index (χ1n) is 14.1. The SMILES string of the molecule is COc1c2c(cc3c1-c1c(O)cc(cc1O)CCCCCCCCCCCCCC3)OC(C)(C)C=C2. The van der Waals surface area contributed by atoms with Crippen molar-refractivity contribution in [2.45, 2.75) is 109 Å². The summed E-state index contributed by atoms with van der Waals surface area (Å²) < 4.78 is 12.3. The molecule has 2 aromatic carbocycles. The van der Waals surface area contributed by atoms with Crippen LogP contribution in [0.25, 0.3) is 17.2 Å².